The molecule has 0 aromatic rings. The maximum atomic E-state index is 12.0. The zero-order chi connectivity index (χ0) is 12.3. The average Bonchev–Trinajstić information content (AvgIpc) is 2.26. The Balaban J connectivity index is 1.84. The van der Waals surface area contributed by atoms with Crippen LogP contribution in [-0.4, -0.2) is 23.5 Å². The van der Waals surface area contributed by atoms with Crippen LogP contribution in [0, 0.1) is 17.8 Å². The van der Waals surface area contributed by atoms with Gasteiger partial charge in [0, 0.05) is 6.54 Å². The summed E-state index contributed by atoms with van der Waals surface area (Å²) in [7, 11) is 0. The molecule has 0 spiro atoms. The molecule has 2 atom stereocenters. The van der Waals surface area contributed by atoms with Crippen LogP contribution in [0.2, 0.25) is 0 Å². The molecular weight excluding hydrogens is 218 g/mol. The number of hydrogen-bond acceptors (Lipinski definition) is 2. The van der Waals surface area contributed by atoms with Crippen molar-refractivity contribution in [3.63, 3.8) is 0 Å². The lowest BCUT2D eigenvalue weighted by atomic mass is 9.78. The van der Waals surface area contributed by atoms with Crippen LogP contribution in [0.4, 0.5) is 0 Å². The van der Waals surface area contributed by atoms with Gasteiger partial charge in [-0.1, -0.05) is 19.3 Å². The molecule has 4 heteroatoms. The number of carboxylic acid groups (broad SMARTS) is 1. The van der Waals surface area contributed by atoms with Crippen molar-refractivity contribution in [2.45, 2.75) is 44.9 Å². The van der Waals surface area contributed by atoms with Gasteiger partial charge in [0.05, 0.1) is 11.8 Å². The van der Waals surface area contributed by atoms with Gasteiger partial charge in [0.25, 0.3) is 0 Å². The largest absolute Gasteiger partial charge is 0.481 e. The molecule has 0 aromatic heterocycles. The van der Waals surface area contributed by atoms with Crippen LogP contribution in [0.3, 0.4) is 0 Å². The molecule has 2 N–H and O–H groups in total. The molecule has 0 bridgehead atoms. The molecule has 1 amide bonds. The summed E-state index contributed by atoms with van der Waals surface area (Å²) in [6.07, 6.45) is 6.96. The Bertz CT molecular complexity index is 299. The fraction of sp³-hybridized carbons (Fsp3) is 0.846. The first kappa shape index (κ1) is 12.4. The molecule has 0 heterocycles. The van der Waals surface area contributed by atoms with Gasteiger partial charge in [0.2, 0.25) is 5.91 Å². The van der Waals surface area contributed by atoms with Crippen LogP contribution in [-0.2, 0) is 9.59 Å². The predicted octanol–water partition coefficient (Wildman–Crippen LogP) is 1.79. The van der Waals surface area contributed by atoms with Gasteiger partial charge < -0.3 is 10.4 Å². The molecule has 0 aliphatic heterocycles. The Labute approximate surface area is 102 Å². The lowest BCUT2D eigenvalue weighted by molar-refractivity contribution is -0.149. The van der Waals surface area contributed by atoms with Crippen LogP contribution in [0.5, 0.6) is 0 Å². The number of rotatable bonds is 4. The fourth-order valence-corrected chi connectivity index (χ4v) is 2.81. The lowest BCUT2D eigenvalue weighted by Gasteiger charge is -2.30. The third-order valence-electron chi connectivity index (χ3n) is 4.21. The number of hydrogen-bond donors (Lipinski definition) is 2. The minimum atomic E-state index is -0.812. The van der Waals surface area contributed by atoms with E-state index in [-0.39, 0.29) is 11.8 Å². The molecular formula is C13H21NO3. The van der Waals surface area contributed by atoms with Gasteiger partial charge >= 0.3 is 5.97 Å². The van der Waals surface area contributed by atoms with Crippen molar-refractivity contribution in [2.24, 2.45) is 17.8 Å². The topological polar surface area (TPSA) is 66.4 Å². The third kappa shape index (κ3) is 2.99. The molecule has 2 aliphatic rings. The minimum Gasteiger partial charge on any atom is -0.481 e. The van der Waals surface area contributed by atoms with E-state index in [1.807, 2.05) is 0 Å². The van der Waals surface area contributed by atoms with Crippen LogP contribution in [0.25, 0.3) is 0 Å². The van der Waals surface area contributed by atoms with Crippen molar-refractivity contribution < 1.29 is 14.7 Å². The highest BCUT2D eigenvalue weighted by Crippen LogP contribution is 2.31. The highest BCUT2D eigenvalue weighted by Gasteiger charge is 2.35. The molecule has 17 heavy (non-hydrogen) atoms. The van der Waals surface area contributed by atoms with Crippen LogP contribution in [0.15, 0.2) is 0 Å². The van der Waals surface area contributed by atoms with Gasteiger partial charge in [-0.15, -0.1) is 0 Å². The molecule has 0 aromatic carbocycles. The Morgan fingerprint density at radius 3 is 2.18 bits per heavy atom. The summed E-state index contributed by atoms with van der Waals surface area (Å²) < 4.78 is 0. The molecule has 2 aliphatic carbocycles. The first-order valence-corrected chi connectivity index (χ1v) is 6.69. The van der Waals surface area contributed by atoms with Gasteiger partial charge in [-0.25, -0.2) is 0 Å². The second-order valence-electron chi connectivity index (χ2n) is 5.38. The van der Waals surface area contributed by atoms with Gasteiger partial charge in [-0.05, 0) is 31.6 Å². The van der Waals surface area contributed by atoms with E-state index in [4.69, 9.17) is 5.11 Å². The van der Waals surface area contributed by atoms with Gasteiger partial charge in [0.1, 0.15) is 0 Å². The van der Waals surface area contributed by atoms with E-state index in [0.717, 1.165) is 25.8 Å². The number of carbonyl (C=O) groups is 2. The molecule has 2 saturated carbocycles. The molecule has 4 nitrogen and oxygen atoms in total. The maximum absolute atomic E-state index is 12.0. The van der Waals surface area contributed by atoms with E-state index < -0.39 is 11.9 Å². The zero-order valence-corrected chi connectivity index (χ0v) is 10.2. The predicted molar refractivity (Wildman–Crippen MR) is 63.4 cm³/mol. The first-order valence-electron chi connectivity index (χ1n) is 6.69. The maximum Gasteiger partial charge on any atom is 0.307 e. The number of aliphatic carboxylic acids is 1. The molecule has 2 fully saturated rings. The Kier molecular flexibility index (Phi) is 4.02. The van der Waals surface area contributed by atoms with Gasteiger partial charge in [-0.3, -0.25) is 9.59 Å². The summed E-state index contributed by atoms with van der Waals surface area (Å²) in [5.74, 6) is -0.991. The van der Waals surface area contributed by atoms with E-state index in [9.17, 15) is 9.59 Å². The monoisotopic (exact) mass is 239 g/mol. The highest BCUT2D eigenvalue weighted by molar-refractivity contribution is 5.84. The molecule has 0 unspecified atom stereocenters. The van der Waals surface area contributed by atoms with Crippen molar-refractivity contribution in [3.8, 4) is 0 Å². The quantitative estimate of drug-likeness (QED) is 0.786. The summed E-state index contributed by atoms with van der Waals surface area (Å²) in [6, 6.07) is 0. The first-order chi connectivity index (χ1) is 8.18. The molecule has 0 saturated heterocycles. The number of nitrogens with one attached hydrogen (secondary N) is 1. The van der Waals surface area contributed by atoms with Gasteiger partial charge in [0.15, 0.2) is 0 Å². The molecule has 0 radical (unpaired) electrons. The van der Waals surface area contributed by atoms with Crippen LogP contribution >= 0.6 is 0 Å². The summed E-state index contributed by atoms with van der Waals surface area (Å²) in [5.41, 5.74) is 0. The molecule has 2 rings (SSSR count). The summed E-state index contributed by atoms with van der Waals surface area (Å²) in [6.45, 7) is 0.738. The van der Waals surface area contributed by atoms with E-state index >= 15 is 0 Å². The van der Waals surface area contributed by atoms with Gasteiger partial charge in [-0.2, -0.15) is 0 Å². The Morgan fingerprint density at radius 2 is 1.65 bits per heavy atom. The second kappa shape index (κ2) is 5.52. The normalized spacial score (nSPS) is 29.4. The van der Waals surface area contributed by atoms with E-state index in [2.05, 4.69) is 5.32 Å². The molecule has 96 valence electrons. The summed E-state index contributed by atoms with van der Waals surface area (Å²) in [5, 5.41) is 12.0. The minimum absolute atomic E-state index is 0.0380. The van der Waals surface area contributed by atoms with Crippen molar-refractivity contribution in [3.05, 3.63) is 0 Å². The van der Waals surface area contributed by atoms with E-state index in [0.29, 0.717) is 12.3 Å². The Hall–Kier alpha value is -1.06. The summed E-state index contributed by atoms with van der Waals surface area (Å²) in [4.78, 5) is 23.1. The highest BCUT2D eigenvalue weighted by atomic mass is 16.4. The van der Waals surface area contributed by atoms with Crippen molar-refractivity contribution in [2.75, 3.05) is 6.54 Å². The zero-order valence-electron chi connectivity index (χ0n) is 10.2. The van der Waals surface area contributed by atoms with Crippen molar-refractivity contribution in [1.82, 2.24) is 5.32 Å². The average molecular weight is 239 g/mol. The van der Waals surface area contributed by atoms with Crippen LogP contribution in [0.1, 0.15) is 44.9 Å². The third-order valence-corrected chi connectivity index (χ3v) is 4.21. The number of carbonyl (C=O) groups excluding carboxylic acids is 1. The smallest absolute Gasteiger partial charge is 0.307 e. The van der Waals surface area contributed by atoms with Crippen LogP contribution < -0.4 is 5.32 Å². The number of amides is 1. The Morgan fingerprint density at radius 1 is 1.00 bits per heavy atom. The van der Waals surface area contributed by atoms with Crippen molar-refractivity contribution in [1.29, 1.82) is 0 Å². The van der Waals surface area contributed by atoms with E-state index in [1.54, 1.807) is 0 Å². The fourth-order valence-electron chi connectivity index (χ4n) is 2.81. The second-order valence-corrected chi connectivity index (χ2v) is 5.38. The SMILES string of the molecule is O=C(O)[C@H]1CCCC[C@H]1C(=O)NCC1CCC1. The summed E-state index contributed by atoms with van der Waals surface area (Å²) >= 11 is 0. The standard InChI is InChI=1S/C13H21NO3/c15-12(14-8-9-4-3-5-9)10-6-1-2-7-11(10)13(16)17/h9-11H,1-8H2,(H,14,15)(H,16,17)/t10-,11+/m1/s1. The van der Waals surface area contributed by atoms with Crippen molar-refractivity contribution >= 4 is 11.9 Å². The lowest BCUT2D eigenvalue weighted by Crippen LogP contribution is -2.42. The van der Waals surface area contributed by atoms with E-state index in [1.165, 1.54) is 19.3 Å². The number of carboxylic acids is 1.